The number of hydrogen-bond acceptors (Lipinski definition) is 6. The number of amides is 1. The lowest BCUT2D eigenvalue weighted by molar-refractivity contribution is -0.276. The van der Waals surface area contributed by atoms with Crippen LogP contribution < -0.4 is 5.32 Å². The summed E-state index contributed by atoms with van der Waals surface area (Å²) in [5, 5.41) is 21.3. The molecule has 8 heteroatoms. The summed E-state index contributed by atoms with van der Waals surface area (Å²) in [5.41, 5.74) is 5.94. The first-order valence-corrected chi connectivity index (χ1v) is 16.8. The van der Waals surface area contributed by atoms with Crippen LogP contribution in [0.4, 0.5) is 0 Å². The van der Waals surface area contributed by atoms with Crippen molar-refractivity contribution in [2.75, 3.05) is 19.6 Å². The number of rotatable bonds is 12. The Morgan fingerprint density at radius 1 is 0.826 bits per heavy atom. The number of nitrogens with one attached hydrogen (secondary N) is 1. The van der Waals surface area contributed by atoms with Crippen LogP contribution in [-0.2, 0) is 32.2 Å². The van der Waals surface area contributed by atoms with E-state index < -0.39 is 12.3 Å². The molecule has 0 bridgehead atoms. The summed E-state index contributed by atoms with van der Waals surface area (Å²) in [6.45, 7) is 5.68. The van der Waals surface area contributed by atoms with Gasteiger partial charge in [-0.15, -0.1) is 0 Å². The summed E-state index contributed by atoms with van der Waals surface area (Å²) in [6, 6.07) is 24.4. The van der Waals surface area contributed by atoms with Gasteiger partial charge in [-0.25, -0.2) is 0 Å². The molecule has 0 unspecified atom stereocenters. The highest BCUT2D eigenvalue weighted by atomic mass is 16.7. The van der Waals surface area contributed by atoms with Gasteiger partial charge in [0.1, 0.15) is 0 Å². The first kappa shape index (κ1) is 33.8. The monoisotopic (exact) mass is 628 g/mol. The van der Waals surface area contributed by atoms with E-state index in [0.717, 1.165) is 53.0 Å². The smallest absolute Gasteiger partial charge is 0.303 e. The molecule has 0 aromatic heterocycles. The average Bonchev–Trinajstić information content (AvgIpc) is 3.06. The molecule has 2 saturated heterocycles. The highest BCUT2D eigenvalue weighted by Crippen LogP contribution is 2.42. The topological polar surface area (TPSA) is 108 Å². The molecule has 5 rings (SSSR count). The van der Waals surface area contributed by atoms with Crippen molar-refractivity contribution in [3.05, 3.63) is 95.1 Å². The molecule has 0 aliphatic carbocycles. The van der Waals surface area contributed by atoms with Gasteiger partial charge in [0.05, 0.1) is 18.8 Å². The summed E-state index contributed by atoms with van der Waals surface area (Å²) >= 11 is 0. The van der Waals surface area contributed by atoms with Gasteiger partial charge < -0.3 is 29.9 Å². The molecule has 3 aromatic carbocycles. The van der Waals surface area contributed by atoms with E-state index in [4.69, 9.17) is 14.6 Å². The average molecular weight is 629 g/mol. The van der Waals surface area contributed by atoms with Crippen LogP contribution in [0.15, 0.2) is 72.8 Å². The zero-order valence-electron chi connectivity index (χ0n) is 26.9. The highest BCUT2D eigenvalue weighted by Gasteiger charge is 2.39. The lowest BCUT2D eigenvalue weighted by Gasteiger charge is -2.43. The minimum absolute atomic E-state index is 0.00760. The quantitative estimate of drug-likeness (QED) is 0.203. The molecule has 2 fully saturated rings. The second kappa shape index (κ2) is 16.8. The molecule has 1 amide bonds. The van der Waals surface area contributed by atoms with Crippen molar-refractivity contribution in [1.29, 1.82) is 0 Å². The summed E-state index contributed by atoms with van der Waals surface area (Å²) in [4.78, 5) is 25.5. The minimum atomic E-state index is -0.892. The normalized spacial score (nSPS) is 22.5. The third kappa shape index (κ3) is 9.48. The molecule has 46 heavy (non-hydrogen) atoms. The molecule has 3 aromatic rings. The predicted octanol–water partition coefficient (Wildman–Crippen LogP) is 6.77. The van der Waals surface area contributed by atoms with Gasteiger partial charge in [-0.1, -0.05) is 86.8 Å². The van der Waals surface area contributed by atoms with Crippen molar-refractivity contribution in [3.8, 4) is 11.1 Å². The first-order valence-electron chi connectivity index (χ1n) is 16.8. The van der Waals surface area contributed by atoms with E-state index in [-0.39, 0.29) is 43.5 Å². The number of aliphatic carboxylic acids is 1. The van der Waals surface area contributed by atoms with Crippen LogP contribution in [-0.4, -0.2) is 52.7 Å². The molecule has 3 N–H and O–H groups in total. The number of hydrogen-bond donors (Lipinski definition) is 3. The lowest BCUT2D eigenvalue weighted by atomic mass is 9.89. The number of aliphatic hydroxyl groups excluding tert-OH is 1. The Hall–Kier alpha value is -3.56. The largest absolute Gasteiger partial charge is 0.481 e. The van der Waals surface area contributed by atoms with E-state index in [2.05, 4.69) is 59.6 Å². The van der Waals surface area contributed by atoms with Crippen LogP contribution in [0.2, 0.25) is 0 Å². The fourth-order valence-corrected chi connectivity index (χ4v) is 6.49. The highest BCUT2D eigenvalue weighted by molar-refractivity contribution is 5.76. The van der Waals surface area contributed by atoms with Crippen LogP contribution in [0.3, 0.4) is 0 Å². The predicted molar refractivity (Wildman–Crippen MR) is 178 cm³/mol. The number of likely N-dealkylation sites (tertiary alicyclic amines) is 1. The minimum Gasteiger partial charge on any atom is -0.481 e. The lowest BCUT2D eigenvalue weighted by Crippen LogP contribution is -2.45. The van der Waals surface area contributed by atoms with Crippen LogP contribution in [0.5, 0.6) is 0 Å². The zero-order valence-corrected chi connectivity index (χ0v) is 26.9. The van der Waals surface area contributed by atoms with E-state index >= 15 is 0 Å². The van der Waals surface area contributed by atoms with E-state index in [0.29, 0.717) is 13.0 Å². The number of carboxylic acids is 1. The number of nitrogens with zero attached hydrogens (tertiary/aromatic N) is 1. The van der Waals surface area contributed by atoms with Crippen molar-refractivity contribution in [2.24, 2.45) is 5.92 Å². The van der Waals surface area contributed by atoms with Gasteiger partial charge in [0, 0.05) is 37.4 Å². The van der Waals surface area contributed by atoms with E-state index in [9.17, 15) is 14.7 Å². The molecule has 246 valence electrons. The maximum absolute atomic E-state index is 12.2. The molecule has 8 nitrogen and oxygen atoms in total. The Labute approximate surface area is 272 Å². The van der Waals surface area contributed by atoms with Crippen LogP contribution in [0.1, 0.15) is 92.9 Å². The van der Waals surface area contributed by atoms with Crippen molar-refractivity contribution in [2.45, 2.75) is 89.9 Å². The third-order valence-electron chi connectivity index (χ3n) is 9.21. The molecule has 0 spiro atoms. The molecule has 2 aliphatic rings. The van der Waals surface area contributed by atoms with Gasteiger partial charge in [0.2, 0.25) is 5.91 Å². The first-order chi connectivity index (χ1) is 22.4. The van der Waals surface area contributed by atoms with Gasteiger partial charge >= 0.3 is 5.97 Å². The second-order valence-electron chi connectivity index (χ2n) is 12.7. The van der Waals surface area contributed by atoms with Crippen molar-refractivity contribution in [3.63, 3.8) is 0 Å². The Kier molecular flexibility index (Phi) is 12.4. The van der Waals surface area contributed by atoms with Crippen molar-refractivity contribution < 1.29 is 29.3 Å². The Bertz CT molecular complexity index is 1420. The number of ether oxygens (including phenoxy) is 2. The zero-order chi connectivity index (χ0) is 32.3. The molecular formula is C38H48N2O6. The maximum atomic E-state index is 12.2. The van der Waals surface area contributed by atoms with Crippen LogP contribution in [0, 0.1) is 5.92 Å². The number of carbonyl (C=O) groups is 2. The van der Waals surface area contributed by atoms with E-state index in [1.807, 2.05) is 30.3 Å². The fraction of sp³-hybridized carbons (Fsp3) is 0.474. The van der Waals surface area contributed by atoms with Crippen LogP contribution >= 0.6 is 0 Å². The van der Waals surface area contributed by atoms with Gasteiger partial charge in [-0.3, -0.25) is 9.59 Å². The number of carboxylic acid groups (broad SMARTS) is 1. The molecular weight excluding hydrogens is 580 g/mol. The SMILES string of the molecule is C[C@H]1[C@@H](CN2CCCCCCC2)O[C@@H](c2cccc(-c3cccc(CNC(=O)CCCC(=O)O)c3)c2)O[C@H]1c1ccc(CO)cc1. The second-order valence-corrected chi connectivity index (χ2v) is 12.7. The molecule has 4 atom stereocenters. The van der Waals surface area contributed by atoms with Gasteiger partial charge in [-0.05, 0) is 72.3 Å². The molecule has 2 aliphatic heterocycles. The summed E-state index contributed by atoms with van der Waals surface area (Å²) in [5.74, 6) is -0.905. The Balaban J connectivity index is 1.33. The third-order valence-corrected chi connectivity index (χ3v) is 9.21. The summed E-state index contributed by atoms with van der Waals surface area (Å²) < 4.78 is 13.5. The van der Waals surface area contributed by atoms with Crippen LogP contribution in [0.25, 0.3) is 11.1 Å². The molecule has 2 heterocycles. The van der Waals surface area contributed by atoms with Gasteiger partial charge in [0.25, 0.3) is 0 Å². The van der Waals surface area contributed by atoms with Crippen molar-refractivity contribution in [1.82, 2.24) is 10.2 Å². The van der Waals surface area contributed by atoms with E-state index in [1.54, 1.807) is 0 Å². The Morgan fingerprint density at radius 3 is 2.24 bits per heavy atom. The molecule has 0 saturated carbocycles. The molecule has 0 radical (unpaired) electrons. The summed E-state index contributed by atoms with van der Waals surface area (Å²) in [7, 11) is 0. The standard InChI is InChI=1S/C38H48N2O6/c1-27-34(25-40-20-5-3-2-4-6-21-40)45-38(46-37(27)30-18-16-28(26-41)17-19-30)33-13-8-12-32(23-33)31-11-7-10-29(22-31)24-39-35(42)14-9-15-36(43)44/h7-8,10-13,16-19,22-23,27,34,37-38,41H,2-6,9,14-15,20-21,24-26H2,1H3,(H,39,42)(H,43,44)/t27-,34+,37+,38+/m0/s1. The summed E-state index contributed by atoms with van der Waals surface area (Å²) in [6.07, 6.45) is 6.16. The Morgan fingerprint density at radius 2 is 1.52 bits per heavy atom. The number of aliphatic hydroxyl groups is 1. The van der Waals surface area contributed by atoms with Crippen molar-refractivity contribution >= 4 is 11.9 Å². The van der Waals surface area contributed by atoms with E-state index in [1.165, 1.54) is 32.1 Å². The number of benzene rings is 3. The van der Waals surface area contributed by atoms with Gasteiger partial charge in [0.15, 0.2) is 6.29 Å². The van der Waals surface area contributed by atoms with Gasteiger partial charge in [-0.2, -0.15) is 0 Å². The fourth-order valence-electron chi connectivity index (χ4n) is 6.49. The number of carbonyl (C=O) groups excluding carboxylic acids is 1. The maximum Gasteiger partial charge on any atom is 0.303 e.